The quantitative estimate of drug-likeness (QED) is 0.756. The molecule has 2 heterocycles. The summed E-state index contributed by atoms with van der Waals surface area (Å²) in [6.45, 7) is 5.75. The average Bonchev–Trinajstić information content (AvgIpc) is 2.87. The maximum absolute atomic E-state index is 11.8. The van der Waals surface area contributed by atoms with E-state index in [1.165, 1.54) is 0 Å². The summed E-state index contributed by atoms with van der Waals surface area (Å²) in [5.41, 5.74) is 2.83. The Balaban J connectivity index is 1.91. The smallest absolute Gasteiger partial charge is 0.287 e. The van der Waals surface area contributed by atoms with Crippen LogP contribution in [0.2, 0.25) is 0 Å². The molecule has 3 N–H and O–H groups in total. The Bertz CT molecular complexity index is 542. The zero-order valence-corrected chi connectivity index (χ0v) is 10.7. The molecule has 0 saturated heterocycles. The highest BCUT2D eigenvalue weighted by Gasteiger charge is 2.13. The number of aromatic amines is 2. The summed E-state index contributed by atoms with van der Waals surface area (Å²) < 4.78 is 0. The fourth-order valence-corrected chi connectivity index (χ4v) is 1.76. The molecule has 0 aliphatic rings. The molecule has 0 bridgehead atoms. The fourth-order valence-electron chi connectivity index (χ4n) is 1.76. The second-order valence-corrected chi connectivity index (χ2v) is 4.54. The van der Waals surface area contributed by atoms with Crippen molar-refractivity contribution in [3.8, 4) is 0 Å². The molecule has 0 fully saturated rings. The maximum Gasteiger partial charge on any atom is 0.287 e. The Morgan fingerprint density at radius 2 is 2.22 bits per heavy atom. The number of nitrogens with one attached hydrogen (secondary N) is 3. The van der Waals surface area contributed by atoms with Gasteiger partial charge in [0.05, 0.1) is 5.69 Å². The number of aryl methyl sites for hydroxylation is 2. The molecule has 0 unspecified atom stereocenters. The van der Waals surface area contributed by atoms with Gasteiger partial charge in [0.1, 0.15) is 0 Å². The van der Waals surface area contributed by atoms with Crippen LogP contribution in [0.15, 0.2) is 12.3 Å². The lowest BCUT2D eigenvalue weighted by atomic mass is 10.2. The Morgan fingerprint density at radius 3 is 2.78 bits per heavy atom. The van der Waals surface area contributed by atoms with Gasteiger partial charge in [-0.05, 0) is 26.8 Å². The van der Waals surface area contributed by atoms with E-state index < -0.39 is 0 Å². The minimum atomic E-state index is -0.192. The van der Waals surface area contributed by atoms with Gasteiger partial charge in [-0.25, -0.2) is 4.98 Å². The SMILES string of the molecule is Cc1cc(C[C@H](C)NC(=O)c2ncc(C)[nH]2)n[nH]1. The third-order valence-electron chi connectivity index (χ3n) is 2.57. The molecule has 18 heavy (non-hydrogen) atoms. The van der Waals surface area contributed by atoms with Crippen LogP contribution in [-0.4, -0.2) is 32.1 Å². The Morgan fingerprint density at radius 1 is 1.44 bits per heavy atom. The van der Waals surface area contributed by atoms with Gasteiger partial charge in [-0.15, -0.1) is 0 Å². The third-order valence-corrected chi connectivity index (χ3v) is 2.57. The van der Waals surface area contributed by atoms with Crippen LogP contribution < -0.4 is 5.32 Å². The third kappa shape index (κ3) is 2.97. The van der Waals surface area contributed by atoms with Gasteiger partial charge in [-0.1, -0.05) is 0 Å². The van der Waals surface area contributed by atoms with Crippen molar-refractivity contribution in [3.05, 3.63) is 35.2 Å². The minimum Gasteiger partial charge on any atom is -0.347 e. The van der Waals surface area contributed by atoms with Gasteiger partial charge in [0.15, 0.2) is 5.82 Å². The Kier molecular flexibility index (Phi) is 3.45. The number of carbonyl (C=O) groups is 1. The van der Waals surface area contributed by atoms with Crippen LogP contribution >= 0.6 is 0 Å². The van der Waals surface area contributed by atoms with Crippen molar-refractivity contribution < 1.29 is 4.79 Å². The average molecular weight is 247 g/mol. The van der Waals surface area contributed by atoms with Crippen molar-refractivity contribution >= 4 is 5.91 Å². The van der Waals surface area contributed by atoms with Gasteiger partial charge in [0, 0.05) is 30.0 Å². The van der Waals surface area contributed by atoms with Crippen LogP contribution in [0.3, 0.4) is 0 Å². The fraction of sp³-hybridized carbons (Fsp3) is 0.417. The highest BCUT2D eigenvalue weighted by atomic mass is 16.2. The zero-order chi connectivity index (χ0) is 13.1. The lowest BCUT2D eigenvalue weighted by Crippen LogP contribution is -2.34. The Hall–Kier alpha value is -2.11. The first-order chi connectivity index (χ1) is 8.54. The molecule has 6 nitrogen and oxygen atoms in total. The molecule has 2 aromatic heterocycles. The van der Waals surface area contributed by atoms with E-state index in [4.69, 9.17) is 0 Å². The number of nitrogens with zero attached hydrogens (tertiary/aromatic N) is 2. The molecule has 0 aliphatic heterocycles. The van der Waals surface area contributed by atoms with Crippen molar-refractivity contribution in [1.29, 1.82) is 0 Å². The van der Waals surface area contributed by atoms with Crippen LogP contribution in [-0.2, 0) is 6.42 Å². The number of amides is 1. The van der Waals surface area contributed by atoms with Crippen LogP contribution in [0.5, 0.6) is 0 Å². The van der Waals surface area contributed by atoms with Gasteiger partial charge in [-0.3, -0.25) is 9.89 Å². The van der Waals surface area contributed by atoms with Crippen LogP contribution in [0.4, 0.5) is 0 Å². The molecule has 2 aromatic rings. The molecule has 0 saturated carbocycles. The van der Waals surface area contributed by atoms with Gasteiger partial charge < -0.3 is 10.3 Å². The summed E-state index contributed by atoms with van der Waals surface area (Å²) in [6.07, 6.45) is 2.33. The van der Waals surface area contributed by atoms with E-state index in [-0.39, 0.29) is 11.9 Å². The summed E-state index contributed by atoms with van der Waals surface area (Å²) in [5.74, 6) is 0.153. The molecule has 0 radical (unpaired) electrons. The number of hydrogen-bond acceptors (Lipinski definition) is 3. The molecule has 0 aromatic carbocycles. The molecular formula is C12H17N5O. The summed E-state index contributed by atoms with van der Waals surface area (Å²) in [5, 5.41) is 9.90. The molecule has 1 atom stereocenters. The number of hydrogen-bond donors (Lipinski definition) is 3. The molecule has 0 aliphatic carbocycles. The van der Waals surface area contributed by atoms with Crippen LogP contribution in [0, 0.1) is 13.8 Å². The molecule has 1 amide bonds. The predicted molar refractivity (Wildman–Crippen MR) is 67.3 cm³/mol. The molecule has 2 rings (SSSR count). The molecule has 0 spiro atoms. The normalized spacial score (nSPS) is 12.4. The first-order valence-electron chi connectivity index (χ1n) is 5.88. The minimum absolute atomic E-state index is 0.00519. The van der Waals surface area contributed by atoms with E-state index in [2.05, 4.69) is 25.5 Å². The summed E-state index contributed by atoms with van der Waals surface area (Å²) in [6, 6.07) is 1.98. The second-order valence-electron chi connectivity index (χ2n) is 4.54. The highest BCUT2D eigenvalue weighted by molar-refractivity contribution is 5.90. The van der Waals surface area contributed by atoms with E-state index in [0.29, 0.717) is 12.2 Å². The second kappa shape index (κ2) is 5.03. The van der Waals surface area contributed by atoms with E-state index in [1.54, 1.807) is 6.20 Å². The lowest BCUT2D eigenvalue weighted by Gasteiger charge is -2.11. The van der Waals surface area contributed by atoms with E-state index in [1.807, 2.05) is 26.8 Å². The van der Waals surface area contributed by atoms with Crippen molar-refractivity contribution in [3.63, 3.8) is 0 Å². The highest BCUT2D eigenvalue weighted by Crippen LogP contribution is 2.03. The topological polar surface area (TPSA) is 86.5 Å². The number of carbonyl (C=O) groups excluding carboxylic acids is 1. The van der Waals surface area contributed by atoms with Crippen molar-refractivity contribution in [1.82, 2.24) is 25.5 Å². The van der Waals surface area contributed by atoms with E-state index in [0.717, 1.165) is 17.1 Å². The number of rotatable bonds is 4. The Labute approximate surface area is 105 Å². The van der Waals surface area contributed by atoms with Gasteiger partial charge >= 0.3 is 0 Å². The summed E-state index contributed by atoms with van der Waals surface area (Å²) in [7, 11) is 0. The number of aromatic nitrogens is 4. The van der Waals surface area contributed by atoms with Crippen LogP contribution in [0.1, 0.15) is 34.6 Å². The van der Waals surface area contributed by atoms with Crippen molar-refractivity contribution in [2.75, 3.05) is 0 Å². The lowest BCUT2D eigenvalue weighted by molar-refractivity contribution is 0.0930. The van der Waals surface area contributed by atoms with Gasteiger partial charge in [0.2, 0.25) is 0 Å². The van der Waals surface area contributed by atoms with Crippen molar-refractivity contribution in [2.45, 2.75) is 33.2 Å². The van der Waals surface area contributed by atoms with Gasteiger partial charge in [0.25, 0.3) is 5.91 Å². The van der Waals surface area contributed by atoms with E-state index >= 15 is 0 Å². The zero-order valence-electron chi connectivity index (χ0n) is 10.7. The molecule has 96 valence electrons. The number of imidazole rings is 1. The monoisotopic (exact) mass is 247 g/mol. The van der Waals surface area contributed by atoms with Gasteiger partial charge in [-0.2, -0.15) is 5.10 Å². The largest absolute Gasteiger partial charge is 0.347 e. The molecule has 6 heteroatoms. The van der Waals surface area contributed by atoms with Crippen molar-refractivity contribution in [2.24, 2.45) is 0 Å². The van der Waals surface area contributed by atoms with Crippen LogP contribution in [0.25, 0.3) is 0 Å². The summed E-state index contributed by atoms with van der Waals surface area (Å²) in [4.78, 5) is 18.7. The standard InChI is InChI=1S/C12H17N5O/c1-7(4-10-5-8(2)16-17-10)15-12(18)11-13-6-9(3)14-11/h5-7H,4H2,1-3H3,(H,13,14)(H,15,18)(H,16,17)/t7-/m0/s1. The summed E-state index contributed by atoms with van der Waals surface area (Å²) >= 11 is 0. The molecular weight excluding hydrogens is 230 g/mol. The number of H-pyrrole nitrogens is 2. The maximum atomic E-state index is 11.8. The predicted octanol–water partition coefficient (Wildman–Crippen LogP) is 1.11. The van der Waals surface area contributed by atoms with E-state index in [9.17, 15) is 4.79 Å². The first kappa shape index (κ1) is 12.3. The first-order valence-corrected chi connectivity index (χ1v) is 5.88.